The largest absolute Gasteiger partial charge is 0.444 e. The number of amides is 1. The molecule has 7 nitrogen and oxygen atoms in total. The molecular formula is C18H37N5O2. The van der Waals surface area contributed by atoms with E-state index in [4.69, 9.17) is 9.73 Å². The highest BCUT2D eigenvalue weighted by Gasteiger charge is 2.34. The third kappa shape index (κ3) is 8.43. The van der Waals surface area contributed by atoms with Gasteiger partial charge in [0.05, 0.1) is 6.04 Å². The van der Waals surface area contributed by atoms with Crippen LogP contribution in [0.25, 0.3) is 0 Å². The van der Waals surface area contributed by atoms with E-state index in [1.807, 2.05) is 20.8 Å². The third-order valence-electron chi connectivity index (χ3n) is 3.63. The summed E-state index contributed by atoms with van der Waals surface area (Å²) in [6.45, 7) is 15.9. The van der Waals surface area contributed by atoms with E-state index in [0.29, 0.717) is 13.1 Å². The summed E-state index contributed by atoms with van der Waals surface area (Å²) in [5, 5.41) is 6.68. The summed E-state index contributed by atoms with van der Waals surface area (Å²) in [5.74, 6) is 0.808. The lowest BCUT2D eigenvalue weighted by molar-refractivity contribution is 0.00700. The minimum atomic E-state index is -0.454. The van der Waals surface area contributed by atoms with Crippen molar-refractivity contribution in [1.82, 2.24) is 20.4 Å². The first-order valence-electron chi connectivity index (χ1n) is 9.09. The molecule has 0 unspecified atom stereocenters. The number of hydrogen-bond donors (Lipinski definition) is 2. The van der Waals surface area contributed by atoms with Crippen molar-refractivity contribution in [3.05, 3.63) is 0 Å². The van der Waals surface area contributed by atoms with Crippen molar-refractivity contribution in [3.63, 3.8) is 0 Å². The second-order valence-electron chi connectivity index (χ2n) is 8.82. The number of carbonyl (C=O) groups excluding carboxylic acids is 1. The van der Waals surface area contributed by atoms with E-state index in [1.165, 1.54) is 0 Å². The number of likely N-dealkylation sites (tertiary alicyclic amines) is 1. The highest BCUT2D eigenvalue weighted by Crippen LogP contribution is 2.17. The molecule has 1 aliphatic rings. The van der Waals surface area contributed by atoms with Gasteiger partial charge in [-0.3, -0.25) is 4.99 Å². The maximum Gasteiger partial charge on any atom is 0.410 e. The molecule has 1 aliphatic heterocycles. The van der Waals surface area contributed by atoms with Crippen LogP contribution in [0, 0.1) is 5.41 Å². The highest BCUT2D eigenvalue weighted by molar-refractivity contribution is 5.80. The maximum atomic E-state index is 12.0. The van der Waals surface area contributed by atoms with Gasteiger partial charge in [0, 0.05) is 32.7 Å². The number of nitrogens with one attached hydrogen (secondary N) is 2. The predicted octanol–water partition coefficient (Wildman–Crippen LogP) is 1.75. The van der Waals surface area contributed by atoms with Gasteiger partial charge in [0.15, 0.2) is 5.96 Å². The topological polar surface area (TPSA) is 69.2 Å². The van der Waals surface area contributed by atoms with Crippen molar-refractivity contribution in [2.45, 2.75) is 53.2 Å². The predicted molar refractivity (Wildman–Crippen MR) is 103 cm³/mol. The molecule has 0 saturated carbocycles. The fourth-order valence-corrected chi connectivity index (χ4v) is 2.76. The Hall–Kier alpha value is -1.50. The van der Waals surface area contributed by atoms with Crippen molar-refractivity contribution < 1.29 is 9.53 Å². The molecule has 1 heterocycles. The summed E-state index contributed by atoms with van der Waals surface area (Å²) in [6, 6.07) is 0.210. The van der Waals surface area contributed by atoms with E-state index >= 15 is 0 Å². The molecule has 0 radical (unpaired) electrons. The van der Waals surface area contributed by atoms with Crippen LogP contribution in [0.4, 0.5) is 4.79 Å². The molecule has 0 atom stereocenters. The average molecular weight is 356 g/mol. The number of hydrogen-bond acceptors (Lipinski definition) is 4. The van der Waals surface area contributed by atoms with Gasteiger partial charge < -0.3 is 25.2 Å². The van der Waals surface area contributed by atoms with Crippen LogP contribution in [0.1, 0.15) is 41.5 Å². The second kappa shape index (κ2) is 8.74. The number of ether oxygens (including phenoxy) is 1. The summed E-state index contributed by atoms with van der Waals surface area (Å²) in [6.07, 6.45) is -0.250. The van der Waals surface area contributed by atoms with Gasteiger partial charge in [-0.05, 0) is 47.2 Å². The van der Waals surface area contributed by atoms with Crippen LogP contribution in [0.3, 0.4) is 0 Å². The van der Waals surface area contributed by atoms with Gasteiger partial charge >= 0.3 is 6.09 Å². The first-order chi connectivity index (χ1) is 11.4. The summed E-state index contributed by atoms with van der Waals surface area (Å²) in [7, 11) is 4.16. The van der Waals surface area contributed by atoms with Crippen molar-refractivity contribution >= 4 is 12.1 Å². The third-order valence-corrected chi connectivity index (χ3v) is 3.63. The smallest absolute Gasteiger partial charge is 0.410 e. The molecule has 1 fully saturated rings. The SMILES string of the molecule is CCNC(=NCC(C)(C)CN(C)C)NC1CN(C(=O)OC(C)(C)C)C1. The molecule has 0 spiro atoms. The Bertz CT molecular complexity index is 463. The quantitative estimate of drug-likeness (QED) is 0.561. The minimum absolute atomic E-state index is 0.105. The zero-order valence-corrected chi connectivity index (χ0v) is 17.3. The molecule has 7 heteroatoms. The number of aliphatic imine (C=N–C) groups is 1. The molecule has 0 aromatic rings. The van der Waals surface area contributed by atoms with Crippen LogP contribution < -0.4 is 10.6 Å². The summed E-state index contributed by atoms with van der Waals surface area (Å²) >= 11 is 0. The summed E-state index contributed by atoms with van der Waals surface area (Å²) in [5.41, 5.74) is -0.349. The normalized spacial score (nSPS) is 16.7. The highest BCUT2D eigenvalue weighted by atomic mass is 16.6. The fraction of sp³-hybridized carbons (Fsp3) is 0.889. The molecule has 0 aromatic heterocycles. The number of rotatable bonds is 6. The monoisotopic (exact) mass is 355 g/mol. The average Bonchev–Trinajstić information content (AvgIpc) is 2.35. The van der Waals surface area contributed by atoms with Gasteiger partial charge in [-0.1, -0.05) is 13.8 Å². The number of guanidine groups is 1. The molecule has 0 aromatic carbocycles. The molecule has 146 valence electrons. The molecule has 2 N–H and O–H groups in total. The molecule has 1 saturated heterocycles. The van der Waals surface area contributed by atoms with Gasteiger partial charge in [0.1, 0.15) is 5.60 Å². The van der Waals surface area contributed by atoms with Gasteiger partial charge in [-0.15, -0.1) is 0 Å². The molecule has 0 aliphatic carbocycles. The van der Waals surface area contributed by atoms with Crippen molar-refractivity contribution in [2.24, 2.45) is 10.4 Å². The van der Waals surface area contributed by atoms with E-state index in [1.54, 1.807) is 4.90 Å². The molecule has 1 amide bonds. The summed E-state index contributed by atoms with van der Waals surface area (Å²) in [4.78, 5) is 20.6. The van der Waals surface area contributed by atoms with Crippen molar-refractivity contribution in [3.8, 4) is 0 Å². The Morgan fingerprint density at radius 2 is 1.84 bits per heavy atom. The first kappa shape index (κ1) is 21.5. The standard InChI is InChI=1S/C18H37N5O2/c1-9-19-15(20-12-18(5,6)13-22(7)8)21-14-10-23(11-14)16(24)25-17(2,3)4/h14H,9-13H2,1-8H3,(H2,19,20,21). The van der Waals surface area contributed by atoms with Crippen molar-refractivity contribution in [1.29, 1.82) is 0 Å². The van der Waals surface area contributed by atoms with E-state index < -0.39 is 5.60 Å². The van der Waals surface area contributed by atoms with Gasteiger partial charge in [0.2, 0.25) is 0 Å². The van der Waals surface area contributed by atoms with Gasteiger partial charge in [-0.25, -0.2) is 4.79 Å². The Kier molecular flexibility index (Phi) is 7.53. The van der Waals surface area contributed by atoms with E-state index in [2.05, 4.69) is 50.4 Å². The Balaban J connectivity index is 2.49. The van der Waals surface area contributed by atoms with Crippen LogP contribution in [-0.4, -0.2) is 80.3 Å². The Morgan fingerprint density at radius 1 is 1.24 bits per heavy atom. The fourth-order valence-electron chi connectivity index (χ4n) is 2.76. The van der Waals surface area contributed by atoms with E-state index in [9.17, 15) is 4.79 Å². The Labute approximate surface area is 153 Å². The van der Waals surface area contributed by atoms with Crippen LogP contribution in [-0.2, 0) is 4.74 Å². The summed E-state index contributed by atoms with van der Waals surface area (Å²) < 4.78 is 5.38. The lowest BCUT2D eigenvalue weighted by Gasteiger charge is -2.40. The molecular weight excluding hydrogens is 318 g/mol. The molecule has 1 rings (SSSR count). The Morgan fingerprint density at radius 3 is 2.32 bits per heavy atom. The van der Waals surface area contributed by atoms with Crippen LogP contribution in [0.2, 0.25) is 0 Å². The van der Waals surface area contributed by atoms with Crippen LogP contribution in [0.5, 0.6) is 0 Å². The molecule has 0 bridgehead atoms. The lowest BCUT2D eigenvalue weighted by Crippen LogP contribution is -2.63. The van der Waals surface area contributed by atoms with Gasteiger partial charge in [-0.2, -0.15) is 0 Å². The van der Waals surface area contributed by atoms with Crippen molar-refractivity contribution in [2.75, 3.05) is 46.8 Å². The minimum Gasteiger partial charge on any atom is -0.444 e. The maximum absolute atomic E-state index is 12.0. The first-order valence-corrected chi connectivity index (χ1v) is 9.09. The lowest BCUT2D eigenvalue weighted by atomic mass is 9.93. The van der Waals surface area contributed by atoms with E-state index in [-0.39, 0.29) is 17.6 Å². The van der Waals surface area contributed by atoms with E-state index in [0.717, 1.165) is 25.6 Å². The molecule has 25 heavy (non-hydrogen) atoms. The zero-order chi connectivity index (χ0) is 19.3. The van der Waals surface area contributed by atoms with Crippen LogP contribution in [0.15, 0.2) is 4.99 Å². The number of nitrogens with zero attached hydrogens (tertiary/aromatic N) is 3. The van der Waals surface area contributed by atoms with Gasteiger partial charge in [0.25, 0.3) is 0 Å². The zero-order valence-electron chi connectivity index (χ0n) is 17.3. The van der Waals surface area contributed by atoms with Crippen LogP contribution >= 0.6 is 0 Å². The second-order valence-corrected chi connectivity index (χ2v) is 8.82. The number of carbonyl (C=O) groups is 1.